The third-order valence-electron chi connectivity index (χ3n) is 4.72. The van der Waals surface area contributed by atoms with Gasteiger partial charge in [0.15, 0.2) is 6.29 Å². The number of nitrogens with zero attached hydrogens (tertiary/aromatic N) is 1. The zero-order valence-corrected chi connectivity index (χ0v) is 17.7. The average molecular weight is 441 g/mol. The third kappa shape index (κ3) is 6.78. The molecule has 1 heterocycles. The maximum absolute atomic E-state index is 12.2. The topological polar surface area (TPSA) is 107 Å². The highest BCUT2D eigenvalue weighted by atomic mass is 32.2. The maximum atomic E-state index is 12.2. The van der Waals surface area contributed by atoms with Gasteiger partial charge >= 0.3 is 0 Å². The molecule has 3 N–H and O–H groups in total. The molecule has 1 aliphatic rings. The van der Waals surface area contributed by atoms with Gasteiger partial charge in [-0.25, -0.2) is 0 Å². The Bertz CT molecular complexity index is 954. The van der Waals surface area contributed by atoms with Crippen LogP contribution in [-0.2, 0) is 14.4 Å². The summed E-state index contributed by atoms with van der Waals surface area (Å²) >= 11 is 1.51. The zero-order chi connectivity index (χ0) is 22.2. The molecule has 1 aliphatic heterocycles. The first-order valence-electron chi connectivity index (χ1n) is 10.00. The lowest BCUT2D eigenvalue weighted by molar-refractivity contribution is -0.136. The molecule has 3 amide bonds. The Balaban J connectivity index is 1.41. The summed E-state index contributed by atoms with van der Waals surface area (Å²) in [5.41, 5.74) is 1.14. The molecule has 0 unspecified atom stereocenters. The molecule has 31 heavy (non-hydrogen) atoms. The van der Waals surface area contributed by atoms with Crippen LogP contribution in [0.3, 0.4) is 0 Å². The zero-order valence-electron chi connectivity index (χ0n) is 16.9. The first-order valence-corrected chi connectivity index (χ1v) is 10.8. The molecule has 0 aromatic heterocycles. The van der Waals surface area contributed by atoms with Crippen LogP contribution in [0.4, 0.5) is 5.69 Å². The number of carbonyl (C=O) groups excluding carboxylic acids is 3. The number of aliphatic hydroxyl groups excluding tert-OH is 1. The Labute approximate surface area is 184 Å². The van der Waals surface area contributed by atoms with Crippen molar-refractivity contribution in [1.82, 2.24) is 4.90 Å². The summed E-state index contributed by atoms with van der Waals surface area (Å²) in [5, 5.41) is 21.2. The van der Waals surface area contributed by atoms with Gasteiger partial charge in [-0.1, -0.05) is 36.4 Å². The van der Waals surface area contributed by atoms with E-state index < -0.39 is 6.29 Å². The van der Waals surface area contributed by atoms with Gasteiger partial charge in [-0.2, -0.15) is 0 Å². The number of benzene rings is 2. The number of hydrogen-bond donors (Lipinski definition) is 3. The predicted molar refractivity (Wildman–Crippen MR) is 117 cm³/mol. The maximum Gasteiger partial charge on any atom is 0.253 e. The van der Waals surface area contributed by atoms with E-state index in [9.17, 15) is 14.4 Å². The van der Waals surface area contributed by atoms with Gasteiger partial charge in [0.25, 0.3) is 11.8 Å². The van der Waals surface area contributed by atoms with E-state index >= 15 is 0 Å². The van der Waals surface area contributed by atoms with Crippen LogP contribution < -0.4 is 5.32 Å². The molecular formula is C23H24N2O5S. The number of hydrogen-bond acceptors (Lipinski definition) is 6. The lowest BCUT2D eigenvalue weighted by atomic mass is 10.1. The van der Waals surface area contributed by atoms with Crippen LogP contribution >= 0.6 is 11.8 Å². The molecule has 0 saturated carbocycles. The van der Waals surface area contributed by atoms with Gasteiger partial charge in [-0.3, -0.25) is 19.3 Å². The minimum Gasteiger partial charge on any atom is -0.364 e. The van der Waals surface area contributed by atoms with Crippen LogP contribution in [0.2, 0.25) is 0 Å². The Morgan fingerprint density at radius 3 is 2.32 bits per heavy atom. The molecule has 3 rings (SSSR count). The first kappa shape index (κ1) is 22.7. The number of carbonyl (C=O) groups is 3. The fourth-order valence-electron chi connectivity index (χ4n) is 3.09. The minimum absolute atomic E-state index is 0.0848. The van der Waals surface area contributed by atoms with Crippen LogP contribution in [0.5, 0.6) is 0 Å². The Morgan fingerprint density at radius 2 is 1.65 bits per heavy atom. The molecule has 0 radical (unpaired) electrons. The van der Waals surface area contributed by atoms with E-state index in [2.05, 4.69) is 5.32 Å². The van der Waals surface area contributed by atoms with Crippen LogP contribution in [0.1, 0.15) is 37.5 Å². The normalized spacial score (nSPS) is 13.3. The van der Waals surface area contributed by atoms with E-state index in [1.807, 2.05) is 36.4 Å². The highest BCUT2D eigenvalue weighted by Gasteiger charge is 2.22. The molecule has 162 valence electrons. The molecule has 0 atom stereocenters. The van der Waals surface area contributed by atoms with Crippen molar-refractivity contribution >= 4 is 35.2 Å². The number of anilines is 1. The van der Waals surface area contributed by atoms with Gasteiger partial charge in [0.2, 0.25) is 5.91 Å². The van der Waals surface area contributed by atoms with Gasteiger partial charge in [-0.15, -0.1) is 0 Å². The van der Waals surface area contributed by atoms with Crippen molar-refractivity contribution in [2.75, 3.05) is 11.9 Å². The Morgan fingerprint density at radius 1 is 0.935 bits per heavy atom. The van der Waals surface area contributed by atoms with E-state index in [-0.39, 0.29) is 17.7 Å². The predicted octanol–water partition coefficient (Wildman–Crippen LogP) is 3.24. The molecule has 2 aromatic rings. The first-order chi connectivity index (χ1) is 14.9. The van der Waals surface area contributed by atoms with Gasteiger partial charge in [-0.05, 0) is 43.2 Å². The standard InChI is InChI=1S/C23H24N2O5S/c26-20(7-2-1-3-14-25-21(27)12-13-22(25)28)24-17-5-4-6-19(15-17)31-18-10-8-16(9-11-18)23(29)30/h4-6,8-13,15,23,29-30H,1-3,7,14H2,(H,24,26). The number of imide groups is 1. The fraction of sp³-hybridized carbons (Fsp3) is 0.261. The number of unbranched alkanes of at least 4 members (excludes halogenated alkanes) is 2. The molecule has 2 aromatic carbocycles. The summed E-state index contributed by atoms with van der Waals surface area (Å²) in [6.45, 7) is 0.379. The lowest BCUT2D eigenvalue weighted by Gasteiger charge is -2.13. The number of amides is 3. The fourth-order valence-corrected chi connectivity index (χ4v) is 3.97. The summed E-state index contributed by atoms with van der Waals surface area (Å²) in [7, 11) is 0. The molecule has 7 nitrogen and oxygen atoms in total. The summed E-state index contributed by atoms with van der Waals surface area (Å²) in [6, 6.07) is 14.4. The summed E-state index contributed by atoms with van der Waals surface area (Å²) in [5.74, 6) is -0.636. The number of nitrogens with one attached hydrogen (secondary N) is 1. The van der Waals surface area contributed by atoms with Gasteiger partial charge in [0.05, 0.1) is 0 Å². The van der Waals surface area contributed by atoms with E-state index in [0.29, 0.717) is 37.1 Å². The third-order valence-corrected chi connectivity index (χ3v) is 5.72. The largest absolute Gasteiger partial charge is 0.364 e. The van der Waals surface area contributed by atoms with Crippen molar-refractivity contribution in [1.29, 1.82) is 0 Å². The molecule has 0 bridgehead atoms. The van der Waals surface area contributed by atoms with Crippen molar-refractivity contribution in [2.24, 2.45) is 0 Å². The average Bonchev–Trinajstić information content (AvgIpc) is 3.06. The SMILES string of the molecule is O=C(CCCCCN1C(=O)C=CC1=O)Nc1cccc(Sc2ccc(C(O)O)cc2)c1. The van der Waals surface area contributed by atoms with Crippen molar-refractivity contribution in [2.45, 2.75) is 41.8 Å². The van der Waals surface area contributed by atoms with Crippen molar-refractivity contribution in [3.05, 3.63) is 66.2 Å². The van der Waals surface area contributed by atoms with Crippen LogP contribution in [0, 0.1) is 0 Å². The van der Waals surface area contributed by atoms with E-state index in [4.69, 9.17) is 10.2 Å². The monoisotopic (exact) mass is 440 g/mol. The summed E-state index contributed by atoms with van der Waals surface area (Å²) < 4.78 is 0. The van der Waals surface area contributed by atoms with Crippen LogP contribution in [-0.4, -0.2) is 39.4 Å². The smallest absolute Gasteiger partial charge is 0.253 e. The van der Waals surface area contributed by atoms with Crippen molar-refractivity contribution in [3.8, 4) is 0 Å². The van der Waals surface area contributed by atoms with Gasteiger partial charge in [0, 0.05) is 46.2 Å². The van der Waals surface area contributed by atoms with E-state index in [0.717, 1.165) is 16.2 Å². The summed E-state index contributed by atoms with van der Waals surface area (Å²) in [4.78, 5) is 38.3. The van der Waals surface area contributed by atoms with E-state index in [1.165, 1.54) is 28.8 Å². The number of rotatable bonds is 10. The molecule has 8 heteroatoms. The quantitative estimate of drug-likeness (QED) is 0.297. The number of aliphatic hydroxyl groups is 2. The second-order valence-corrected chi connectivity index (χ2v) is 8.24. The lowest BCUT2D eigenvalue weighted by Crippen LogP contribution is -2.30. The molecule has 0 saturated heterocycles. The van der Waals surface area contributed by atoms with Crippen LogP contribution in [0.15, 0.2) is 70.5 Å². The van der Waals surface area contributed by atoms with E-state index in [1.54, 1.807) is 12.1 Å². The Hall–Kier alpha value is -2.94. The van der Waals surface area contributed by atoms with Crippen molar-refractivity contribution in [3.63, 3.8) is 0 Å². The van der Waals surface area contributed by atoms with Crippen molar-refractivity contribution < 1.29 is 24.6 Å². The Kier molecular flexibility index (Phi) is 8.00. The molecule has 0 fully saturated rings. The van der Waals surface area contributed by atoms with Gasteiger partial charge in [0.1, 0.15) is 0 Å². The van der Waals surface area contributed by atoms with Gasteiger partial charge < -0.3 is 15.5 Å². The highest BCUT2D eigenvalue weighted by Crippen LogP contribution is 2.30. The second kappa shape index (κ2) is 10.9. The molecule has 0 aliphatic carbocycles. The minimum atomic E-state index is -1.49. The summed E-state index contributed by atoms with van der Waals surface area (Å²) in [6.07, 6.45) is 3.52. The van der Waals surface area contributed by atoms with Crippen LogP contribution in [0.25, 0.3) is 0 Å². The second-order valence-electron chi connectivity index (χ2n) is 7.09. The molecule has 0 spiro atoms. The molecular weight excluding hydrogens is 416 g/mol. The highest BCUT2D eigenvalue weighted by molar-refractivity contribution is 7.99.